The van der Waals surface area contributed by atoms with Crippen molar-refractivity contribution in [2.24, 2.45) is 0 Å². The average molecular weight is 557 g/mol. The van der Waals surface area contributed by atoms with Crippen LogP contribution in [0.2, 0.25) is 0 Å². The summed E-state index contributed by atoms with van der Waals surface area (Å²) in [4.78, 5) is 3.78. The topological polar surface area (TPSA) is 38.1 Å². The molecule has 0 unspecified atom stereocenters. The Morgan fingerprint density at radius 3 is 0.947 bits per heavy atom. The van der Waals surface area contributed by atoms with Gasteiger partial charge in [-0.2, -0.15) is 11.3 Å². The molecule has 0 aliphatic carbocycles. The van der Waals surface area contributed by atoms with E-state index in [9.17, 15) is 0 Å². The van der Waals surface area contributed by atoms with Crippen LogP contribution in [0.15, 0.2) is 82.6 Å². The molecular formula is C34H72N2OS. The third-order valence-corrected chi connectivity index (χ3v) is 3.25. The Kier molecular flexibility index (Phi) is 150. The summed E-state index contributed by atoms with van der Waals surface area (Å²) in [6.07, 6.45) is 11.0. The molecule has 3 aromatic heterocycles. The van der Waals surface area contributed by atoms with Crippen LogP contribution in [0.3, 0.4) is 0 Å². The number of furan rings is 1. The van der Waals surface area contributed by atoms with E-state index in [1.165, 1.54) is 32.4 Å². The fourth-order valence-electron chi connectivity index (χ4n) is 1.57. The van der Waals surface area contributed by atoms with Gasteiger partial charge in [0.15, 0.2) is 0 Å². The summed E-state index contributed by atoms with van der Waals surface area (Å²) in [5.41, 5.74) is 0. The molecule has 1 aliphatic rings. The number of piperidine rings is 1. The standard InChI is InChI=1S/C5H11N.C5H5N.C4H4O.C4H4S.8C2H6/c2*1-2-4-6-5-3-1;2*1-2-4-5-3-1;8*1-2/h6H,1-5H2;1-5H;2*1-4H;8*1-2H3. The second-order valence-corrected chi connectivity index (χ2v) is 5.24. The molecule has 3 aromatic rings. The maximum absolute atomic E-state index is 4.58. The van der Waals surface area contributed by atoms with E-state index < -0.39 is 0 Å². The molecule has 230 valence electrons. The molecule has 1 saturated heterocycles. The Balaban J connectivity index is -0.0000000450. The first kappa shape index (κ1) is 56.3. The van der Waals surface area contributed by atoms with Gasteiger partial charge in [-0.3, -0.25) is 4.98 Å². The highest BCUT2D eigenvalue weighted by atomic mass is 32.1. The molecule has 1 fully saturated rings. The minimum atomic E-state index is 1.25. The van der Waals surface area contributed by atoms with E-state index >= 15 is 0 Å². The molecule has 4 heterocycles. The summed E-state index contributed by atoms with van der Waals surface area (Å²) in [7, 11) is 0. The van der Waals surface area contributed by atoms with Gasteiger partial charge in [0.05, 0.1) is 12.5 Å². The van der Waals surface area contributed by atoms with Gasteiger partial charge in [0.2, 0.25) is 0 Å². The second kappa shape index (κ2) is 101. The van der Waals surface area contributed by atoms with E-state index in [2.05, 4.69) is 14.7 Å². The van der Waals surface area contributed by atoms with Crippen molar-refractivity contribution in [3.63, 3.8) is 0 Å². The first-order valence-corrected chi connectivity index (χ1v) is 16.4. The van der Waals surface area contributed by atoms with E-state index in [1.807, 2.05) is 164 Å². The fraction of sp³-hybridized carbons (Fsp3) is 0.618. The molecular weight excluding hydrogens is 484 g/mol. The van der Waals surface area contributed by atoms with Gasteiger partial charge in [-0.05, 0) is 61.0 Å². The van der Waals surface area contributed by atoms with Crippen molar-refractivity contribution >= 4 is 11.3 Å². The molecule has 4 heteroatoms. The minimum Gasteiger partial charge on any atom is -0.473 e. The molecule has 38 heavy (non-hydrogen) atoms. The predicted octanol–water partition coefficient (Wildman–Crippen LogP) is 13.1. The SMILES string of the molecule is C1CCNCC1.CC.CC.CC.CC.CC.CC.CC.CC.c1ccncc1.c1ccoc1.c1ccsc1. The maximum Gasteiger partial charge on any atom is 0.0902 e. The molecule has 1 aliphatic heterocycles. The quantitative estimate of drug-likeness (QED) is 0.299. The van der Waals surface area contributed by atoms with Crippen LogP contribution in [0.4, 0.5) is 0 Å². The third-order valence-electron chi connectivity index (χ3n) is 2.62. The average Bonchev–Trinajstić information content (AvgIpc) is 3.88. The molecule has 0 saturated carbocycles. The zero-order valence-electron chi connectivity index (χ0n) is 28.8. The summed E-state index contributed by atoms with van der Waals surface area (Å²) < 4.78 is 4.58. The van der Waals surface area contributed by atoms with Gasteiger partial charge in [0.25, 0.3) is 0 Å². The van der Waals surface area contributed by atoms with E-state index in [-0.39, 0.29) is 0 Å². The van der Waals surface area contributed by atoms with Crippen LogP contribution in [0, 0.1) is 0 Å². The summed E-state index contributed by atoms with van der Waals surface area (Å²) in [5, 5.41) is 7.37. The van der Waals surface area contributed by atoms with Crippen molar-refractivity contribution in [3.05, 3.63) is 78.1 Å². The van der Waals surface area contributed by atoms with Crippen LogP contribution in [0.25, 0.3) is 0 Å². The van der Waals surface area contributed by atoms with E-state index in [0.717, 1.165) is 0 Å². The van der Waals surface area contributed by atoms with Crippen molar-refractivity contribution in [1.82, 2.24) is 10.3 Å². The van der Waals surface area contributed by atoms with Gasteiger partial charge in [0, 0.05) is 12.4 Å². The van der Waals surface area contributed by atoms with E-state index in [1.54, 1.807) is 36.3 Å². The second-order valence-electron chi connectivity index (χ2n) is 4.42. The molecule has 0 bridgehead atoms. The molecule has 3 nitrogen and oxygen atoms in total. The molecule has 4 rings (SSSR count). The Morgan fingerprint density at radius 2 is 0.842 bits per heavy atom. The van der Waals surface area contributed by atoms with Crippen LogP contribution >= 0.6 is 11.3 Å². The van der Waals surface area contributed by atoms with Crippen LogP contribution < -0.4 is 5.32 Å². The molecule has 0 radical (unpaired) electrons. The maximum atomic E-state index is 4.58. The minimum absolute atomic E-state index is 1.25. The van der Waals surface area contributed by atoms with Gasteiger partial charge >= 0.3 is 0 Å². The predicted molar refractivity (Wildman–Crippen MR) is 185 cm³/mol. The molecule has 0 spiro atoms. The van der Waals surface area contributed by atoms with Crippen LogP contribution in [0.1, 0.15) is 130 Å². The lowest BCUT2D eigenvalue weighted by Gasteiger charge is -2.08. The molecule has 0 atom stereocenters. The Hall–Kier alpha value is -1.91. The largest absolute Gasteiger partial charge is 0.473 e. The van der Waals surface area contributed by atoms with Gasteiger partial charge in [-0.25, -0.2) is 0 Å². The zero-order valence-corrected chi connectivity index (χ0v) is 29.6. The normalized spacial score (nSPS) is 8.42. The number of nitrogens with zero attached hydrogens (tertiary/aromatic N) is 1. The first-order valence-electron chi connectivity index (χ1n) is 15.5. The van der Waals surface area contributed by atoms with Crippen molar-refractivity contribution in [2.75, 3.05) is 13.1 Å². The fourth-order valence-corrected chi connectivity index (χ4v) is 2.02. The number of aromatic nitrogens is 1. The van der Waals surface area contributed by atoms with Crippen molar-refractivity contribution < 1.29 is 4.42 Å². The summed E-state index contributed by atoms with van der Waals surface area (Å²) >= 11 is 1.71. The number of thiophene rings is 1. The number of hydrogen-bond donors (Lipinski definition) is 1. The lowest BCUT2D eigenvalue weighted by atomic mass is 10.2. The van der Waals surface area contributed by atoms with Gasteiger partial charge < -0.3 is 9.73 Å². The third kappa shape index (κ3) is 92.5. The monoisotopic (exact) mass is 557 g/mol. The van der Waals surface area contributed by atoms with Crippen molar-refractivity contribution in [3.8, 4) is 0 Å². The molecule has 1 N–H and O–H groups in total. The highest BCUT2D eigenvalue weighted by Crippen LogP contribution is 1.96. The summed E-state index contributed by atoms with van der Waals surface area (Å²) in [5.74, 6) is 0. The van der Waals surface area contributed by atoms with E-state index in [4.69, 9.17) is 0 Å². The Morgan fingerprint density at radius 1 is 0.474 bits per heavy atom. The highest BCUT2D eigenvalue weighted by molar-refractivity contribution is 7.07. The van der Waals surface area contributed by atoms with Crippen LogP contribution in [-0.2, 0) is 0 Å². The van der Waals surface area contributed by atoms with Crippen molar-refractivity contribution in [1.29, 1.82) is 0 Å². The van der Waals surface area contributed by atoms with Gasteiger partial charge in [0.1, 0.15) is 0 Å². The Bertz CT molecular complexity index is 384. The number of rotatable bonds is 0. The van der Waals surface area contributed by atoms with Crippen LogP contribution in [0.5, 0.6) is 0 Å². The highest BCUT2D eigenvalue weighted by Gasteiger charge is 1.93. The summed E-state index contributed by atoms with van der Waals surface area (Å²) in [6.45, 7) is 34.5. The molecule has 0 aromatic carbocycles. The van der Waals surface area contributed by atoms with Gasteiger partial charge in [-0.15, -0.1) is 0 Å². The number of pyridine rings is 1. The smallest absolute Gasteiger partial charge is 0.0902 e. The molecule has 0 amide bonds. The van der Waals surface area contributed by atoms with E-state index in [0.29, 0.717) is 0 Å². The van der Waals surface area contributed by atoms with Crippen molar-refractivity contribution in [2.45, 2.75) is 130 Å². The van der Waals surface area contributed by atoms with Crippen LogP contribution in [-0.4, -0.2) is 18.1 Å². The van der Waals surface area contributed by atoms with Gasteiger partial charge in [-0.1, -0.05) is 135 Å². The summed E-state index contributed by atoms with van der Waals surface area (Å²) in [6, 6.07) is 13.4. The lowest BCUT2D eigenvalue weighted by Crippen LogP contribution is -2.21. The number of hydrogen-bond acceptors (Lipinski definition) is 4. The Labute approximate surface area is 246 Å². The number of nitrogens with one attached hydrogen (secondary N) is 1. The zero-order chi connectivity index (χ0) is 31.6. The first-order chi connectivity index (χ1) is 19.0. The lowest BCUT2D eigenvalue weighted by molar-refractivity contribution is 0.520.